The number of halogens is 1. The average molecular weight is 370 g/mol. The molecular formula is C19H16ClN3O3. The number of carbonyl (C=O) groups is 2. The molecule has 1 N–H and O–H groups in total. The number of methoxy groups -OCH3 is 1. The van der Waals surface area contributed by atoms with Crippen molar-refractivity contribution in [3.8, 4) is 0 Å². The zero-order valence-corrected chi connectivity index (χ0v) is 14.7. The summed E-state index contributed by atoms with van der Waals surface area (Å²) in [6.45, 7) is 0.501. The maximum atomic E-state index is 12.4. The van der Waals surface area contributed by atoms with Gasteiger partial charge in [0, 0.05) is 16.7 Å². The molecule has 0 fully saturated rings. The first-order valence-electron chi connectivity index (χ1n) is 7.83. The molecule has 0 spiro atoms. The van der Waals surface area contributed by atoms with E-state index in [2.05, 4.69) is 15.2 Å². The smallest absolute Gasteiger partial charge is 0.337 e. The van der Waals surface area contributed by atoms with E-state index in [4.69, 9.17) is 11.6 Å². The molecule has 0 saturated heterocycles. The second-order valence-electron chi connectivity index (χ2n) is 5.52. The number of rotatable bonds is 5. The summed E-state index contributed by atoms with van der Waals surface area (Å²) in [5, 5.41) is 7.72. The molecule has 1 aromatic heterocycles. The van der Waals surface area contributed by atoms with Crippen LogP contribution >= 0.6 is 11.6 Å². The summed E-state index contributed by atoms with van der Waals surface area (Å²) in [5.41, 5.74) is 1.82. The fourth-order valence-electron chi connectivity index (χ4n) is 2.39. The zero-order valence-electron chi connectivity index (χ0n) is 14.0. The van der Waals surface area contributed by atoms with Crippen molar-refractivity contribution < 1.29 is 14.3 Å². The van der Waals surface area contributed by atoms with Gasteiger partial charge in [-0.3, -0.25) is 4.79 Å². The summed E-state index contributed by atoms with van der Waals surface area (Å²) in [6, 6.07) is 15.4. The van der Waals surface area contributed by atoms with Gasteiger partial charge in [-0.05, 0) is 42.0 Å². The zero-order chi connectivity index (χ0) is 18.5. The second kappa shape index (κ2) is 7.84. The van der Waals surface area contributed by atoms with Crippen molar-refractivity contribution >= 4 is 29.3 Å². The van der Waals surface area contributed by atoms with Crippen LogP contribution in [0.4, 0.5) is 5.82 Å². The SMILES string of the molecule is COC(=O)c1ccc(C(=O)Nc2ccnn2Cc2ccc(Cl)cc2)cc1. The Morgan fingerprint density at radius 1 is 1.04 bits per heavy atom. The molecule has 2 aromatic carbocycles. The number of hydrogen-bond acceptors (Lipinski definition) is 4. The molecule has 132 valence electrons. The fraction of sp³-hybridized carbons (Fsp3) is 0.105. The van der Waals surface area contributed by atoms with Gasteiger partial charge in [0.15, 0.2) is 0 Å². The first-order chi connectivity index (χ1) is 12.6. The van der Waals surface area contributed by atoms with E-state index in [0.29, 0.717) is 28.5 Å². The van der Waals surface area contributed by atoms with E-state index in [0.717, 1.165) is 5.56 Å². The van der Waals surface area contributed by atoms with Gasteiger partial charge in [0.05, 0.1) is 25.4 Å². The van der Waals surface area contributed by atoms with E-state index in [9.17, 15) is 9.59 Å². The van der Waals surface area contributed by atoms with Gasteiger partial charge in [-0.2, -0.15) is 5.10 Å². The molecule has 6 nitrogen and oxygen atoms in total. The lowest BCUT2D eigenvalue weighted by Crippen LogP contribution is -2.16. The predicted molar refractivity (Wildman–Crippen MR) is 98.5 cm³/mol. The van der Waals surface area contributed by atoms with E-state index in [1.807, 2.05) is 24.3 Å². The number of amides is 1. The van der Waals surface area contributed by atoms with Crippen LogP contribution in [0, 0.1) is 0 Å². The van der Waals surface area contributed by atoms with Gasteiger partial charge < -0.3 is 10.1 Å². The molecule has 26 heavy (non-hydrogen) atoms. The summed E-state index contributed by atoms with van der Waals surface area (Å²) in [4.78, 5) is 23.9. The Labute approximate surface area is 155 Å². The van der Waals surface area contributed by atoms with Crippen LogP contribution in [0.1, 0.15) is 26.3 Å². The summed E-state index contributed by atoms with van der Waals surface area (Å²) in [7, 11) is 1.31. The van der Waals surface area contributed by atoms with Crippen LogP contribution in [0.2, 0.25) is 5.02 Å². The normalized spacial score (nSPS) is 10.4. The third-order valence-corrected chi connectivity index (χ3v) is 4.02. The molecule has 7 heteroatoms. The molecule has 0 aliphatic heterocycles. The summed E-state index contributed by atoms with van der Waals surface area (Å²) in [5.74, 6) is -0.167. The van der Waals surface area contributed by atoms with Crippen LogP contribution < -0.4 is 5.32 Å². The molecule has 0 bridgehead atoms. The molecular weight excluding hydrogens is 354 g/mol. The van der Waals surface area contributed by atoms with Crippen LogP contribution in [0.3, 0.4) is 0 Å². The lowest BCUT2D eigenvalue weighted by atomic mass is 10.1. The number of aromatic nitrogens is 2. The molecule has 0 atom stereocenters. The third kappa shape index (κ3) is 4.10. The topological polar surface area (TPSA) is 73.2 Å². The van der Waals surface area contributed by atoms with Crippen molar-refractivity contribution in [3.05, 3.63) is 82.5 Å². The molecule has 3 aromatic rings. The Balaban J connectivity index is 1.71. The molecule has 0 aliphatic rings. The van der Waals surface area contributed by atoms with Crippen LogP contribution in [0.5, 0.6) is 0 Å². The number of carbonyl (C=O) groups excluding carboxylic acids is 2. The van der Waals surface area contributed by atoms with Gasteiger partial charge in [-0.1, -0.05) is 23.7 Å². The van der Waals surface area contributed by atoms with Crippen molar-refractivity contribution in [2.75, 3.05) is 12.4 Å². The van der Waals surface area contributed by atoms with Crippen molar-refractivity contribution in [1.82, 2.24) is 9.78 Å². The van der Waals surface area contributed by atoms with E-state index < -0.39 is 5.97 Å². The number of hydrogen-bond donors (Lipinski definition) is 1. The minimum absolute atomic E-state index is 0.292. The van der Waals surface area contributed by atoms with Crippen LogP contribution in [-0.4, -0.2) is 28.8 Å². The van der Waals surface area contributed by atoms with Crippen molar-refractivity contribution in [2.24, 2.45) is 0 Å². The number of esters is 1. The first kappa shape index (κ1) is 17.7. The minimum Gasteiger partial charge on any atom is -0.465 e. The average Bonchev–Trinajstić information content (AvgIpc) is 3.09. The second-order valence-corrected chi connectivity index (χ2v) is 5.96. The molecule has 1 heterocycles. The summed E-state index contributed by atoms with van der Waals surface area (Å²) in [6.07, 6.45) is 1.62. The first-order valence-corrected chi connectivity index (χ1v) is 8.20. The van der Waals surface area contributed by atoms with Crippen LogP contribution in [0.15, 0.2) is 60.8 Å². The quantitative estimate of drug-likeness (QED) is 0.697. The summed E-state index contributed by atoms with van der Waals surface area (Å²) < 4.78 is 6.33. The molecule has 1 amide bonds. The summed E-state index contributed by atoms with van der Waals surface area (Å²) >= 11 is 5.89. The third-order valence-electron chi connectivity index (χ3n) is 3.77. The van der Waals surface area contributed by atoms with E-state index in [-0.39, 0.29) is 5.91 Å². The molecule has 0 unspecified atom stereocenters. The molecule has 3 rings (SSSR count). The van der Waals surface area contributed by atoms with E-state index >= 15 is 0 Å². The van der Waals surface area contributed by atoms with E-state index in [1.54, 1.807) is 41.2 Å². The highest BCUT2D eigenvalue weighted by Gasteiger charge is 2.12. The molecule has 0 saturated carbocycles. The van der Waals surface area contributed by atoms with Crippen molar-refractivity contribution in [1.29, 1.82) is 0 Å². The predicted octanol–water partition coefficient (Wildman–Crippen LogP) is 3.62. The Morgan fingerprint density at radius 3 is 2.35 bits per heavy atom. The maximum Gasteiger partial charge on any atom is 0.337 e. The highest BCUT2D eigenvalue weighted by molar-refractivity contribution is 6.30. The number of nitrogens with one attached hydrogen (secondary N) is 1. The molecule has 0 radical (unpaired) electrons. The minimum atomic E-state index is -0.446. The largest absolute Gasteiger partial charge is 0.465 e. The lowest BCUT2D eigenvalue weighted by Gasteiger charge is -2.09. The van der Waals surface area contributed by atoms with Gasteiger partial charge >= 0.3 is 5.97 Å². The van der Waals surface area contributed by atoms with Gasteiger partial charge in [-0.15, -0.1) is 0 Å². The standard InChI is InChI=1S/C19H16ClN3O3/c1-26-19(25)15-6-4-14(5-7-15)18(24)22-17-10-11-21-23(17)12-13-2-8-16(20)9-3-13/h2-11H,12H2,1H3,(H,22,24). The van der Waals surface area contributed by atoms with Gasteiger partial charge in [0.1, 0.15) is 5.82 Å². The van der Waals surface area contributed by atoms with Gasteiger partial charge in [0.25, 0.3) is 5.91 Å². The van der Waals surface area contributed by atoms with Gasteiger partial charge in [0.2, 0.25) is 0 Å². The maximum absolute atomic E-state index is 12.4. The van der Waals surface area contributed by atoms with Gasteiger partial charge in [-0.25, -0.2) is 9.48 Å². The van der Waals surface area contributed by atoms with Crippen molar-refractivity contribution in [2.45, 2.75) is 6.54 Å². The Kier molecular flexibility index (Phi) is 5.34. The highest BCUT2D eigenvalue weighted by atomic mass is 35.5. The van der Waals surface area contributed by atoms with Crippen LogP contribution in [-0.2, 0) is 11.3 Å². The Morgan fingerprint density at radius 2 is 1.69 bits per heavy atom. The number of benzene rings is 2. The molecule has 0 aliphatic carbocycles. The highest BCUT2D eigenvalue weighted by Crippen LogP contribution is 2.15. The Bertz CT molecular complexity index is 918. The number of nitrogens with zero attached hydrogens (tertiary/aromatic N) is 2. The van der Waals surface area contributed by atoms with E-state index in [1.165, 1.54) is 7.11 Å². The fourth-order valence-corrected chi connectivity index (χ4v) is 2.52. The Hall–Kier alpha value is -3.12. The van der Waals surface area contributed by atoms with Crippen LogP contribution in [0.25, 0.3) is 0 Å². The monoisotopic (exact) mass is 369 g/mol. The van der Waals surface area contributed by atoms with Crippen molar-refractivity contribution in [3.63, 3.8) is 0 Å². The number of anilines is 1. The lowest BCUT2D eigenvalue weighted by molar-refractivity contribution is 0.0600. The number of ether oxygens (including phenoxy) is 1.